The van der Waals surface area contributed by atoms with Crippen molar-refractivity contribution in [3.63, 3.8) is 0 Å². The molecule has 0 heterocycles. The van der Waals surface area contributed by atoms with Crippen molar-refractivity contribution < 1.29 is 8.42 Å². The third kappa shape index (κ3) is 6.81. The molecule has 0 spiro atoms. The van der Waals surface area contributed by atoms with E-state index in [0.717, 1.165) is 11.1 Å². The molecule has 2 aromatic rings. The van der Waals surface area contributed by atoms with E-state index in [4.69, 9.17) is 28.9 Å². The van der Waals surface area contributed by atoms with Crippen molar-refractivity contribution in [3.05, 3.63) is 63.1 Å². The van der Waals surface area contributed by atoms with Crippen molar-refractivity contribution >= 4 is 63.0 Å². The topological polar surface area (TPSA) is 84.5 Å². The fraction of sp³-hybridized carbons (Fsp3) is 0.278. The predicted octanol–water partition coefficient (Wildman–Crippen LogP) is 4.49. The molecular weight excluding hydrogens is 520 g/mol. The number of benzene rings is 2. The Morgan fingerprint density at radius 3 is 2.44 bits per heavy atom. The zero-order valence-electron chi connectivity index (χ0n) is 15.2. The Morgan fingerprint density at radius 1 is 1.22 bits per heavy atom. The van der Waals surface area contributed by atoms with Crippen molar-refractivity contribution in [2.75, 3.05) is 6.26 Å². The van der Waals surface area contributed by atoms with E-state index in [0.29, 0.717) is 27.0 Å². The average molecular weight is 542 g/mol. The number of nitrogens with zero attached hydrogens (tertiary/aromatic N) is 1. The Morgan fingerprint density at radius 2 is 1.89 bits per heavy atom. The molecule has 0 amide bonds. The lowest BCUT2D eigenvalue weighted by Crippen LogP contribution is -2.34. The molecular formula is C18H22Cl2IN3O2S. The lowest BCUT2D eigenvalue weighted by Gasteiger charge is -2.16. The van der Waals surface area contributed by atoms with Crippen molar-refractivity contribution in [1.82, 2.24) is 5.32 Å². The number of aryl methyl sites for hydroxylation is 1. The van der Waals surface area contributed by atoms with Crippen LogP contribution in [0.2, 0.25) is 10.0 Å². The molecule has 0 bridgehead atoms. The Bertz CT molecular complexity index is 950. The quantitative estimate of drug-likeness (QED) is 0.332. The van der Waals surface area contributed by atoms with Gasteiger partial charge in [0.25, 0.3) is 0 Å². The predicted molar refractivity (Wildman–Crippen MR) is 123 cm³/mol. The maximum absolute atomic E-state index is 11.7. The van der Waals surface area contributed by atoms with E-state index in [1.807, 2.05) is 13.0 Å². The Kier molecular flexibility index (Phi) is 8.85. The summed E-state index contributed by atoms with van der Waals surface area (Å²) in [7, 11) is -3.23. The first-order valence-electron chi connectivity index (χ1n) is 7.89. The molecule has 3 N–H and O–H groups in total. The van der Waals surface area contributed by atoms with E-state index < -0.39 is 9.84 Å². The standard InChI is InChI=1S/C18H21Cl2N3O2S.HI/c1-11-8-13(4-7-17(11)26(3,24)25)10-22-18(21)23-12(2)15-6-5-14(19)9-16(15)20;/h4-9,12H,10H2,1-3H3,(H3,21,22,23);1H. The molecule has 148 valence electrons. The number of hydrogen-bond acceptors (Lipinski definition) is 3. The van der Waals surface area contributed by atoms with Gasteiger partial charge in [-0.15, -0.1) is 24.0 Å². The van der Waals surface area contributed by atoms with Crippen LogP contribution in [0.4, 0.5) is 0 Å². The minimum atomic E-state index is -3.23. The average Bonchev–Trinajstić information content (AvgIpc) is 2.51. The van der Waals surface area contributed by atoms with Crippen molar-refractivity contribution in [3.8, 4) is 0 Å². The minimum Gasteiger partial charge on any atom is -0.370 e. The van der Waals surface area contributed by atoms with Crippen molar-refractivity contribution in [1.29, 1.82) is 0 Å². The van der Waals surface area contributed by atoms with Crippen LogP contribution in [0.3, 0.4) is 0 Å². The summed E-state index contributed by atoms with van der Waals surface area (Å²) in [4.78, 5) is 4.63. The van der Waals surface area contributed by atoms with E-state index >= 15 is 0 Å². The van der Waals surface area contributed by atoms with Gasteiger partial charge in [-0.05, 0) is 48.7 Å². The maximum atomic E-state index is 11.7. The number of halogens is 3. The Balaban J connectivity index is 0.00000364. The van der Waals surface area contributed by atoms with Gasteiger partial charge in [-0.1, -0.05) is 41.4 Å². The smallest absolute Gasteiger partial charge is 0.189 e. The van der Waals surface area contributed by atoms with E-state index in [1.165, 1.54) is 6.26 Å². The Hall–Kier alpha value is -1.03. The second-order valence-electron chi connectivity index (χ2n) is 6.11. The number of nitrogens with two attached hydrogens (primary N) is 1. The molecule has 0 fully saturated rings. The van der Waals surface area contributed by atoms with Gasteiger partial charge >= 0.3 is 0 Å². The molecule has 0 saturated heterocycles. The van der Waals surface area contributed by atoms with E-state index in [1.54, 1.807) is 37.3 Å². The summed E-state index contributed by atoms with van der Waals surface area (Å²) in [6.07, 6.45) is 1.19. The second-order valence-corrected chi connectivity index (χ2v) is 8.93. The fourth-order valence-corrected chi connectivity index (χ4v) is 4.13. The number of rotatable bonds is 5. The summed E-state index contributed by atoms with van der Waals surface area (Å²) in [5, 5.41) is 4.20. The largest absolute Gasteiger partial charge is 0.370 e. The number of guanidine groups is 1. The Labute approximate surface area is 187 Å². The van der Waals surface area contributed by atoms with Crippen LogP contribution in [0.25, 0.3) is 0 Å². The molecule has 2 rings (SSSR count). The zero-order chi connectivity index (χ0) is 19.5. The number of hydrogen-bond donors (Lipinski definition) is 2. The summed E-state index contributed by atoms with van der Waals surface area (Å²) < 4.78 is 23.3. The first-order chi connectivity index (χ1) is 12.1. The van der Waals surface area contributed by atoms with Gasteiger partial charge in [0.05, 0.1) is 17.5 Å². The van der Waals surface area contributed by atoms with Crippen molar-refractivity contribution in [2.24, 2.45) is 10.7 Å². The molecule has 0 aliphatic rings. The monoisotopic (exact) mass is 541 g/mol. The highest BCUT2D eigenvalue weighted by atomic mass is 127. The highest BCUT2D eigenvalue weighted by Gasteiger charge is 2.12. The van der Waals surface area contributed by atoms with Crippen LogP contribution in [0.1, 0.15) is 29.7 Å². The van der Waals surface area contributed by atoms with Gasteiger partial charge in [0, 0.05) is 16.3 Å². The van der Waals surface area contributed by atoms with Gasteiger partial charge in [0.2, 0.25) is 0 Å². The molecule has 0 aliphatic heterocycles. The second kappa shape index (κ2) is 9.95. The van der Waals surface area contributed by atoms with Crippen LogP contribution in [0.5, 0.6) is 0 Å². The van der Waals surface area contributed by atoms with Crippen LogP contribution in [0, 0.1) is 6.92 Å². The molecule has 9 heteroatoms. The van der Waals surface area contributed by atoms with Gasteiger partial charge in [-0.3, -0.25) is 0 Å². The zero-order valence-corrected chi connectivity index (χ0v) is 19.8. The normalized spacial score (nSPS) is 13.0. The molecule has 2 aromatic carbocycles. The lowest BCUT2D eigenvalue weighted by molar-refractivity contribution is 0.601. The molecule has 0 aromatic heterocycles. The van der Waals surface area contributed by atoms with Gasteiger partial charge in [-0.25, -0.2) is 13.4 Å². The highest BCUT2D eigenvalue weighted by Crippen LogP contribution is 2.26. The van der Waals surface area contributed by atoms with Crippen LogP contribution < -0.4 is 11.1 Å². The minimum absolute atomic E-state index is 0. The molecule has 1 atom stereocenters. The van der Waals surface area contributed by atoms with Gasteiger partial charge in [0.15, 0.2) is 15.8 Å². The number of nitrogens with one attached hydrogen (secondary N) is 1. The van der Waals surface area contributed by atoms with E-state index in [2.05, 4.69) is 10.3 Å². The fourth-order valence-electron chi connectivity index (χ4n) is 2.60. The summed E-state index contributed by atoms with van der Waals surface area (Å²) >= 11 is 12.1. The molecule has 5 nitrogen and oxygen atoms in total. The molecule has 0 radical (unpaired) electrons. The third-order valence-corrected chi connectivity index (χ3v) is 5.68. The van der Waals surface area contributed by atoms with Crippen LogP contribution in [-0.2, 0) is 16.4 Å². The van der Waals surface area contributed by atoms with Crippen LogP contribution >= 0.6 is 47.2 Å². The van der Waals surface area contributed by atoms with E-state index in [9.17, 15) is 8.42 Å². The van der Waals surface area contributed by atoms with Crippen LogP contribution in [-0.4, -0.2) is 20.6 Å². The number of sulfone groups is 1. The molecule has 27 heavy (non-hydrogen) atoms. The van der Waals surface area contributed by atoms with Gasteiger partial charge in [0.1, 0.15) is 0 Å². The molecule has 0 saturated carbocycles. The summed E-state index contributed by atoms with van der Waals surface area (Å²) in [6.45, 7) is 4.02. The third-order valence-electron chi connectivity index (χ3n) is 3.86. The highest BCUT2D eigenvalue weighted by molar-refractivity contribution is 14.0. The number of aliphatic imine (C=N–C) groups is 1. The SMILES string of the molecule is Cc1cc(CN=C(N)NC(C)c2ccc(Cl)cc2Cl)ccc1S(C)(=O)=O.I. The first kappa shape index (κ1) is 24.0. The van der Waals surface area contributed by atoms with E-state index in [-0.39, 0.29) is 36.0 Å². The van der Waals surface area contributed by atoms with Crippen LogP contribution in [0.15, 0.2) is 46.3 Å². The summed E-state index contributed by atoms with van der Waals surface area (Å²) in [5.74, 6) is 0.272. The van der Waals surface area contributed by atoms with Gasteiger partial charge < -0.3 is 11.1 Å². The molecule has 0 aliphatic carbocycles. The molecule has 1 unspecified atom stereocenters. The van der Waals surface area contributed by atoms with Crippen molar-refractivity contribution in [2.45, 2.75) is 31.3 Å². The summed E-state index contributed by atoms with van der Waals surface area (Å²) in [6, 6.07) is 10.3. The lowest BCUT2D eigenvalue weighted by atomic mass is 10.1. The van der Waals surface area contributed by atoms with Gasteiger partial charge in [-0.2, -0.15) is 0 Å². The maximum Gasteiger partial charge on any atom is 0.189 e. The first-order valence-corrected chi connectivity index (χ1v) is 10.5. The summed E-state index contributed by atoms with van der Waals surface area (Å²) in [5.41, 5.74) is 8.37.